The van der Waals surface area contributed by atoms with Gasteiger partial charge in [-0.1, -0.05) is 77.1 Å². The van der Waals surface area contributed by atoms with Gasteiger partial charge in [0.25, 0.3) is 0 Å². The first-order valence-electron chi connectivity index (χ1n) is 14.9. The zero-order valence-electron chi connectivity index (χ0n) is 27.4. The van der Waals surface area contributed by atoms with E-state index in [9.17, 15) is 5.11 Å². The normalized spacial score (nSPS) is 15.3. The Bertz CT molecular complexity index is 1410. The largest absolute Gasteiger partial charge is 0.508 e. The first-order valence-corrected chi connectivity index (χ1v) is 16.7. The van der Waals surface area contributed by atoms with E-state index in [1.54, 1.807) is 26.4 Å². The fraction of sp³-hybridized carbons (Fsp3) is 0.389. The SMILES string of the molecule is COC1C=CC(OC(C)(C)POc2ccccc2-c2ccccc2OPC(C)C)=CC1.COc1ccc(O)c(C(C)(C)C)c1. The Kier molecular flexibility index (Phi) is 13.1. The number of methoxy groups -OCH3 is 2. The summed E-state index contributed by atoms with van der Waals surface area (Å²) in [6.07, 6.45) is 7.01. The van der Waals surface area contributed by atoms with Crippen molar-refractivity contribution in [3.63, 3.8) is 0 Å². The van der Waals surface area contributed by atoms with Crippen molar-refractivity contribution in [3.05, 3.63) is 96.3 Å². The molecular weight excluding hydrogens is 590 g/mol. The molecule has 4 rings (SSSR count). The van der Waals surface area contributed by atoms with Gasteiger partial charge in [0, 0.05) is 29.5 Å². The van der Waals surface area contributed by atoms with E-state index < -0.39 is 5.34 Å². The molecule has 6 nitrogen and oxygen atoms in total. The molecule has 44 heavy (non-hydrogen) atoms. The molecule has 0 aliphatic heterocycles. The Morgan fingerprint density at radius 1 is 0.841 bits per heavy atom. The number of ether oxygens (including phenoxy) is 3. The van der Waals surface area contributed by atoms with Crippen LogP contribution in [0.5, 0.6) is 23.0 Å². The quantitative estimate of drug-likeness (QED) is 0.211. The first kappa shape index (κ1) is 35.4. The van der Waals surface area contributed by atoms with Gasteiger partial charge in [-0.2, -0.15) is 0 Å². The van der Waals surface area contributed by atoms with Crippen LogP contribution in [0.25, 0.3) is 11.1 Å². The van der Waals surface area contributed by atoms with E-state index in [2.05, 4.69) is 52.8 Å². The van der Waals surface area contributed by atoms with Gasteiger partial charge in [-0.05, 0) is 68.2 Å². The highest BCUT2D eigenvalue weighted by atomic mass is 31.1. The Morgan fingerprint density at radius 2 is 1.45 bits per heavy atom. The number of phenols is 1. The molecule has 8 heteroatoms. The summed E-state index contributed by atoms with van der Waals surface area (Å²) < 4.78 is 29.0. The molecule has 0 fully saturated rings. The highest BCUT2D eigenvalue weighted by Gasteiger charge is 2.24. The zero-order valence-corrected chi connectivity index (χ0v) is 29.4. The third kappa shape index (κ3) is 10.8. The number of aromatic hydroxyl groups is 1. The third-order valence-corrected chi connectivity index (χ3v) is 8.31. The Balaban J connectivity index is 0.000000340. The van der Waals surface area contributed by atoms with Crippen LogP contribution in [0.4, 0.5) is 0 Å². The number of allylic oxidation sites excluding steroid dienone is 1. The van der Waals surface area contributed by atoms with Crippen LogP contribution >= 0.6 is 17.6 Å². The van der Waals surface area contributed by atoms with Gasteiger partial charge in [-0.25, -0.2) is 0 Å². The molecule has 0 radical (unpaired) electrons. The maximum Gasteiger partial charge on any atom is 0.155 e. The van der Waals surface area contributed by atoms with Crippen molar-refractivity contribution in [2.24, 2.45) is 0 Å². The van der Waals surface area contributed by atoms with Gasteiger partial charge in [-0.3, -0.25) is 0 Å². The number of benzene rings is 3. The number of para-hydroxylation sites is 2. The van der Waals surface area contributed by atoms with Crippen molar-refractivity contribution in [1.29, 1.82) is 0 Å². The average Bonchev–Trinajstić information content (AvgIpc) is 2.99. The van der Waals surface area contributed by atoms with Crippen molar-refractivity contribution in [2.45, 2.75) is 77.4 Å². The second kappa shape index (κ2) is 16.3. The molecule has 3 unspecified atom stereocenters. The highest BCUT2D eigenvalue weighted by molar-refractivity contribution is 7.34. The fourth-order valence-corrected chi connectivity index (χ4v) is 5.54. The molecule has 0 saturated heterocycles. The molecule has 1 N–H and O–H groups in total. The van der Waals surface area contributed by atoms with Crippen LogP contribution in [-0.2, 0) is 14.9 Å². The maximum atomic E-state index is 9.61. The maximum absolute atomic E-state index is 9.61. The first-order chi connectivity index (χ1) is 20.8. The number of rotatable bonds is 11. The predicted octanol–water partition coefficient (Wildman–Crippen LogP) is 10.0. The van der Waals surface area contributed by atoms with Crippen molar-refractivity contribution in [2.75, 3.05) is 14.2 Å². The Hall–Kier alpha value is -3.04. The topological polar surface area (TPSA) is 66.4 Å². The summed E-state index contributed by atoms with van der Waals surface area (Å²) in [5, 5.41) is 9.15. The summed E-state index contributed by atoms with van der Waals surface area (Å²) in [6, 6.07) is 21.5. The summed E-state index contributed by atoms with van der Waals surface area (Å²) >= 11 is 0. The van der Waals surface area contributed by atoms with Crippen LogP contribution < -0.4 is 13.8 Å². The molecule has 1 aliphatic carbocycles. The lowest BCUT2D eigenvalue weighted by molar-refractivity contribution is 0.106. The minimum atomic E-state index is -0.460. The fourth-order valence-electron chi connectivity index (χ4n) is 4.31. The lowest BCUT2D eigenvalue weighted by Crippen LogP contribution is -2.20. The molecule has 0 amide bonds. The van der Waals surface area contributed by atoms with Crippen LogP contribution in [-0.4, -0.2) is 36.4 Å². The van der Waals surface area contributed by atoms with Crippen molar-refractivity contribution >= 4 is 17.6 Å². The molecule has 0 aromatic heterocycles. The monoisotopic (exact) mass is 638 g/mol. The van der Waals surface area contributed by atoms with E-state index in [4.69, 9.17) is 23.3 Å². The lowest BCUT2D eigenvalue weighted by Gasteiger charge is -2.28. The molecule has 0 spiro atoms. The van der Waals surface area contributed by atoms with E-state index >= 15 is 0 Å². The van der Waals surface area contributed by atoms with Gasteiger partial charge in [0.15, 0.2) is 5.34 Å². The summed E-state index contributed by atoms with van der Waals surface area (Å²) in [6.45, 7) is 14.6. The zero-order chi connectivity index (χ0) is 32.3. The summed E-state index contributed by atoms with van der Waals surface area (Å²) in [4.78, 5) is 0. The number of hydrogen-bond acceptors (Lipinski definition) is 6. The molecule has 3 atom stereocenters. The van der Waals surface area contributed by atoms with E-state index in [-0.39, 0.29) is 20.3 Å². The number of hydrogen-bond donors (Lipinski definition) is 1. The second-order valence-electron chi connectivity index (χ2n) is 12.3. The Labute approximate surface area is 267 Å². The highest BCUT2D eigenvalue weighted by Crippen LogP contribution is 2.44. The van der Waals surface area contributed by atoms with Crippen LogP contribution in [0.1, 0.15) is 60.5 Å². The van der Waals surface area contributed by atoms with E-state index in [0.29, 0.717) is 20.2 Å². The van der Waals surface area contributed by atoms with Gasteiger partial charge in [-0.15, -0.1) is 0 Å². The minimum absolute atomic E-state index is 0.0569. The van der Waals surface area contributed by atoms with E-state index in [1.807, 2.05) is 68.5 Å². The molecule has 238 valence electrons. The second-order valence-corrected chi connectivity index (χ2v) is 15.5. The van der Waals surface area contributed by atoms with Gasteiger partial charge in [0.1, 0.15) is 37.6 Å². The van der Waals surface area contributed by atoms with Crippen LogP contribution in [0.3, 0.4) is 0 Å². The molecule has 0 saturated carbocycles. The van der Waals surface area contributed by atoms with Crippen molar-refractivity contribution < 1.29 is 28.4 Å². The van der Waals surface area contributed by atoms with E-state index in [0.717, 1.165) is 46.1 Å². The summed E-state index contributed by atoms with van der Waals surface area (Å²) in [7, 11) is 3.88. The van der Waals surface area contributed by atoms with Gasteiger partial charge < -0.3 is 28.4 Å². The van der Waals surface area contributed by atoms with Crippen LogP contribution in [0.2, 0.25) is 0 Å². The molecule has 0 bridgehead atoms. The van der Waals surface area contributed by atoms with Gasteiger partial charge in [0.2, 0.25) is 0 Å². The molecule has 1 aliphatic rings. The Morgan fingerprint density at radius 3 is 1.98 bits per heavy atom. The predicted molar refractivity (Wildman–Crippen MR) is 186 cm³/mol. The standard InChI is InChI=1S/C25H32O4P2.C11H16O2/c1-18(2)30-28-23-12-8-6-10-21(23)22-11-7-9-13-24(22)29-31-25(3,4)27-20-16-14-19(26-5)15-17-20;1-11(2,3)9-7-8(13-4)5-6-10(9)12/h6-14,16-19,30-31H,15H2,1-5H3;5-7,12H,1-4H3. The smallest absolute Gasteiger partial charge is 0.155 e. The van der Waals surface area contributed by atoms with Crippen LogP contribution in [0.15, 0.2) is 90.7 Å². The van der Waals surface area contributed by atoms with Crippen LogP contribution in [0, 0.1) is 0 Å². The third-order valence-electron chi connectivity index (χ3n) is 6.59. The van der Waals surface area contributed by atoms with Gasteiger partial charge in [0.05, 0.1) is 22.0 Å². The van der Waals surface area contributed by atoms with Crippen molar-refractivity contribution in [1.82, 2.24) is 0 Å². The van der Waals surface area contributed by atoms with E-state index in [1.165, 1.54) is 0 Å². The summed E-state index contributed by atoms with van der Waals surface area (Å²) in [5.41, 5.74) is 3.40. The molecular formula is C36H48O6P2. The minimum Gasteiger partial charge on any atom is -0.508 e. The average molecular weight is 639 g/mol. The summed E-state index contributed by atoms with van der Waals surface area (Å²) in [5.74, 6) is 3.68. The molecule has 3 aromatic carbocycles. The lowest BCUT2D eigenvalue weighted by atomic mass is 9.86. The van der Waals surface area contributed by atoms with Crippen molar-refractivity contribution in [3.8, 4) is 34.1 Å². The molecule has 3 aromatic rings. The van der Waals surface area contributed by atoms with Gasteiger partial charge >= 0.3 is 0 Å². The molecule has 0 heterocycles. The number of phenolic OH excluding ortho intramolecular Hbond substituents is 1.